The van der Waals surface area contributed by atoms with Crippen molar-refractivity contribution < 1.29 is 0 Å². The standard InChI is InChI=1S/C15H26N4S.HI/c1-6-8-9-10-19(5)15(16-7-2)17-11-14-18-12(3)13(4)20-14;/h6H,1,7-11H2,2-5H3,(H,16,17);1H. The van der Waals surface area contributed by atoms with Gasteiger partial charge in [0.25, 0.3) is 0 Å². The Kier molecular flexibility index (Phi) is 10.7. The minimum atomic E-state index is 0. The zero-order chi connectivity index (χ0) is 15.0. The van der Waals surface area contributed by atoms with Gasteiger partial charge in [0.15, 0.2) is 5.96 Å². The predicted molar refractivity (Wildman–Crippen MR) is 104 cm³/mol. The fourth-order valence-electron chi connectivity index (χ4n) is 1.80. The van der Waals surface area contributed by atoms with Gasteiger partial charge in [0, 0.05) is 25.0 Å². The van der Waals surface area contributed by atoms with Gasteiger partial charge in [0.1, 0.15) is 5.01 Å². The molecule has 0 aromatic carbocycles. The summed E-state index contributed by atoms with van der Waals surface area (Å²) in [6, 6.07) is 0. The number of thiazole rings is 1. The van der Waals surface area contributed by atoms with Crippen LogP contribution in [0.25, 0.3) is 0 Å². The summed E-state index contributed by atoms with van der Waals surface area (Å²) in [5.41, 5.74) is 1.12. The van der Waals surface area contributed by atoms with Gasteiger partial charge in [-0.25, -0.2) is 9.98 Å². The van der Waals surface area contributed by atoms with Crippen molar-refractivity contribution in [1.82, 2.24) is 15.2 Å². The SMILES string of the molecule is C=CCCCN(C)C(=NCc1nc(C)c(C)s1)NCC.I. The molecule has 0 saturated carbocycles. The van der Waals surface area contributed by atoms with Gasteiger partial charge in [-0.1, -0.05) is 6.08 Å². The molecule has 1 aromatic rings. The van der Waals surface area contributed by atoms with E-state index in [1.54, 1.807) is 11.3 Å². The van der Waals surface area contributed by atoms with E-state index in [1.165, 1.54) is 4.88 Å². The summed E-state index contributed by atoms with van der Waals surface area (Å²) < 4.78 is 0. The number of aromatic nitrogens is 1. The van der Waals surface area contributed by atoms with Crippen LogP contribution in [0.1, 0.15) is 35.3 Å². The Morgan fingerprint density at radius 1 is 1.48 bits per heavy atom. The summed E-state index contributed by atoms with van der Waals surface area (Å²) in [5, 5.41) is 4.41. The number of allylic oxidation sites excluding steroid dienone is 1. The molecule has 0 amide bonds. The molecule has 1 rings (SSSR count). The smallest absolute Gasteiger partial charge is 0.194 e. The highest BCUT2D eigenvalue weighted by Gasteiger charge is 2.07. The van der Waals surface area contributed by atoms with E-state index < -0.39 is 0 Å². The molecule has 0 aliphatic carbocycles. The number of unbranched alkanes of at least 4 members (excludes halogenated alkanes) is 1. The van der Waals surface area contributed by atoms with Gasteiger partial charge in [0.05, 0.1) is 12.2 Å². The number of aliphatic imine (C=N–C) groups is 1. The molecule has 120 valence electrons. The van der Waals surface area contributed by atoms with Gasteiger partial charge < -0.3 is 10.2 Å². The third-order valence-electron chi connectivity index (χ3n) is 3.04. The molecule has 0 unspecified atom stereocenters. The number of hydrogen-bond donors (Lipinski definition) is 1. The van der Waals surface area contributed by atoms with Crippen LogP contribution in [-0.4, -0.2) is 36.0 Å². The summed E-state index contributed by atoms with van der Waals surface area (Å²) in [6.45, 7) is 12.5. The van der Waals surface area contributed by atoms with Crippen LogP contribution >= 0.6 is 35.3 Å². The van der Waals surface area contributed by atoms with E-state index in [0.29, 0.717) is 6.54 Å². The topological polar surface area (TPSA) is 40.5 Å². The first-order chi connectivity index (χ1) is 9.58. The Morgan fingerprint density at radius 3 is 2.71 bits per heavy atom. The monoisotopic (exact) mass is 422 g/mol. The summed E-state index contributed by atoms with van der Waals surface area (Å²) in [4.78, 5) is 12.6. The highest BCUT2D eigenvalue weighted by atomic mass is 127. The maximum absolute atomic E-state index is 4.67. The van der Waals surface area contributed by atoms with Crippen LogP contribution in [0.3, 0.4) is 0 Å². The van der Waals surface area contributed by atoms with Gasteiger partial charge in [-0.3, -0.25) is 0 Å². The molecule has 4 nitrogen and oxygen atoms in total. The molecule has 0 bridgehead atoms. The number of rotatable bonds is 7. The van der Waals surface area contributed by atoms with Crippen LogP contribution in [0.5, 0.6) is 0 Å². The van der Waals surface area contributed by atoms with Gasteiger partial charge in [0.2, 0.25) is 0 Å². The largest absolute Gasteiger partial charge is 0.357 e. The Morgan fingerprint density at radius 2 is 2.19 bits per heavy atom. The minimum absolute atomic E-state index is 0. The summed E-state index contributed by atoms with van der Waals surface area (Å²) in [5.74, 6) is 0.946. The first-order valence-corrected chi connectivity index (χ1v) is 7.93. The maximum atomic E-state index is 4.67. The lowest BCUT2D eigenvalue weighted by Gasteiger charge is -2.21. The number of guanidine groups is 1. The lowest BCUT2D eigenvalue weighted by atomic mass is 10.3. The van der Waals surface area contributed by atoms with Crippen LogP contribution in [-0.2, 0) is 6.54 Å². The molecule has 0 aliphatic heterocycles. The van der Waals surface area contributed by atoms with Gasteiger partial charge >= 0.3 is 0 Å². The maximum Gasteiger partial charge on any atom is 0.194 e. The summed E-state index contributed by atoms with van der Waals surface area (Å²) in [7, 11) is 2.07. The summed E-state index contributed by atoms with van der Waals surface area (Å²) >= 11 is 1.73. The van der Waals surface area contributed by atoms with E-state index in [1.807, 2.05) is 13.0 Å². The molecule has 1 heterocycles. The number of nitrogens with zero attached hydrogens (tertiary/aromatic N) is 3. The Balaban J connectivity index is 0.00000400. The van der Waals surface area contributed by atoms with Crippen molar-refractivity contribution in [2.45, 2.75) is 40.2 Å². The molecule has 0 aliphatic rings. The third kappa shape index (κ3) is 7.26. The minimum Gasteiger partial charge on any atom is -0.357 e. The molecule has 21 heavy (non-hydrogen) atoms. The van der Waals surface area contributed by atoms with Crippen molar-refractivity contribution in [3.05, 3.63) is 28.2 Å². The van der Waals surface area contributed by atoms with Crippen LogP contribution < -0.4 is 5.32 Å². The van der Waals surface area contributed by atoms with Crippen LogP contribution in [0.2, 0.25) is 0 Å². The fourth-order valence-corrected chi connectivity index (χ4v) is 2.66. The third-order valence-corrected chi connectivity index (χ3v) is 4.09. The first kappa shape index (κ1) is 20.4. The van der Waals surface area contributed by atoms with E-state index in [4.69, 9.17) is 0 Å². The van der Waals surface area contributed by atoms with Gasteiger partial charge in [-0.2, -0.15) is 0 Å². The highest BCUT2D eigenvalue weighted by molar-refractivity contribution is 14.0. The predicted octanol–water partition coefficient (Wildman–Crippen LogP) is 3.74. The molecule has 0 spiro atoms. The van der Waals surface area contributed by atoms with Gasteiger partial charge in [-0.15, -0.1) is 41.9 Å². The second-order valence-corrected chi connectivity index (χ2v) is 6.06. The van der Waals surface area contributed by atoms with Crippen molar-refractivity contribution in [2.75, 3.05) is 20.1 Å². The van der Waals surface area contributed by atoms with Crippen molar-refractivity contribution >= 4 is 41.3 Å². The van der Waals surface area contributed by atoms with Crippen molar-refractivity contribution in [3.63, 3.8) is 0 Å². The molecular weight excluding hydrogens is 395 g/mol. The van der Waals surface area contributed by atoms with Crippen molar-refractivity contribution in [3.8, 4) is 0 Å². The highest BCUT2D eigenvalue weighted by Crippen LogP contribution is 2.17. The molecule has 0 fully saturated rings. The quantitative estimate of drug-likeness (QED) is 0.239. The van der Waals surface area contributed by atoms with Gasteiger partial charge in [-0.05, 0) is 33.6 Å². The van der Waals surface area contributed by atoms with E-state index in [0.717, 1.165) is 42.6 Å². The van der Waals surface area contributed by atoms with E-state index in [9.17, 15) is 0 Å². The second-order valence-electron chi connectivity index (χ2n) is 4.77. The zero-order valence-electron chi connectivity index (χ0n) is 13.5. The first-order valence-electron chi connectivity index (χ1n) is 7.11. The normalized spacial score (nSPS) is 11.0. The van der Waals surface area contributed by atoms with E-state index >= 15 is 0 Å². The van der Waals surface area contributed by atoms with E-state index in [-0.39, 0.29) is 24.0 Å². The molecular formula is C15H27IN4S. The lowest BCUT2D eigenvalue weighted by molar-refractivity contribution is 0.470. The molecule has 1 N–H and O–H groups in total. The molecule has 0 atom stereocenters. The number of hydrogen-bond acceptors (Lipinski definition) is 3. The fraction of sp³-hybridized carbons (Fsp3) is 0.600. The zero-order valence-corrected chi connectivity index (χ0v) is 16.6. The Bertz CT molecular complexity index is 437. The number of aryl methyl sites for hydroxylation is 2. The lowest BCUT2D eigenvalue weighted by Crippen LogP contribution is -2.39. The number of halogens is 1. The van der Waals surface area contributed by atoms with Crippen molar-refractivity contribution in [2.24, 2.45) is 4.99 Å². The van der Waals surface area contributed by atoms with Crippen molar-refractivity contribution in [1.29, 1.82) is 0 Å². The van der Waals surface area contributed by atoms with Crippen LogP contribution in [0, 0.1) is 13.8 Å². The summed E-state index contributed by atoms with van der Waals surface area (Å²) in [6.07, 6.45) is 4.09. The van der Waals surface area contributed by atoms with Crippen LogP contribution in [0.4, 0.5) is 0 Å². The average molecular weight is 422 g/mol. The molecule has 1 aromatic heterocycles. The Labute approximate surface area is 149 Å². The van der Waals surface area contributed by atoms with Crippen LogP contribution in [0.15, 0.2) is 17.6 Å². The average Bonchev–Trinajstić information content (AvgIpc) is 2.74. The number of nitrogens with one attached hydrogen (secondary N) is 1. The second kappa shape index (κ2) is 11.0. The molecule has 0 saturated heterocycles. The van der Waals surface area contributed by atoms with E-state index in [2.05, 4.69) is 47.7 Å². The Hall–Kier alpha value is -0.630. The molecule has 0 radical (unpaired) electrons. The molecule has 6 heteroatoms.